The van der Waals surface area contributed by atoms with E-state index < -0.39 is 0 Å². The van der Waals surface area contributed by atoms with Gasteiger partial charge in [0.15, 0.2) is 5.78 Å². The van der Waals surface area contributed by atoms with Crippen LogP contribution in [0.5, 0.6) is 0 Å². The van der Waals surface area contributed by atoms with Crippen molar-refractivity contribution < 1.29 is 4.79 Å². The van der Waals surface area contributed by atoms with Crippen molar-refractivity contribution in [1.29, 1.82) is 0 Å². The summed E-state index contributed by atoms with van der Waals surface area (Å²) in [5.74, 6) is 0.252. The lowest BCUT2D eigenvalue weighted by molar-refractivity contribution is -0.117. The van der Waals surface area contributed by atoms with Crippen LogP contribution in [0.1, 0.15) is 57.2 Å². The van der Waals surface area contributed by atoms with Crippen LogP contribution in [-0.4, -0.2) is 23.4 Å². The van der Waals surface area contributed by atoms with Gasteiger partial charge in [-0.05, 0) is 12.8 Å². The van der Waals surface area contributed by atoms with Crippen LogP contribution in [0.2, 0.25) is 0 Å². The first-order valence-corrected chi connectivity index (χ1v) is 8.03. The predicted octanol–water partition coefficient (Wildman–Crippen LogP) is 3.08. The molecule has 1 heterocycles. The smallest absolute Gasteiger partial charge is 0.153 e. The third-order valence-electron chi connectivity index (χ3n) is 3.61. The van der Waals surface area contributed by atoms with Crippen molar-refractivity contribution in [3.8, 4) is 0 Å². The normalized spacial score (nSPS) is 17.0. The molecule has 0 spiro atoms. The molecular weight excluding hydrogens is 256 g/mol. The molecule has 0 bridgehead atoms. The number of carbonyl (C=O) groups is 1. The van der Waals surface area contributed by atoms with E-state index in [0.29, 0.717) is 19.0 Å². The average Bonchev–Trinajstić information content (AvgIpc) is 2.95. The highest BCUT2D eigenvalue weighted by molar-refractivity contribution is 7.09. The first kappa shape index (κ1) is 14.7. The number of ketones is 1. The number of nitrogens with zero attached hydrogens (tertiary/aromatic N) is 1. The van der Waals surface area contributed by atoms with Crippen LogP contribution in [0.25, 0.3) is 0 Å². The highest BCUT2D eigenvalue weighted by atomic mass is 32.1. The molecule has 0 radical (unpaired) electrons. The molecule has 1 saturated carbocycles. The highest BCUT2D eigenvalue weighted by Gasteiger charge is 2.19. The summed E-state index contributed by atoms with van der Waals surface area (Å²) in [6, 6.07) is 0.561. The Balaban J connectivity index is 1.80. The monoisotopic (exact) mass is 280 g/mol. The van der Waals surface area contributed by atoms with Gasteiger partial charge in [0.25, 0.3) is 0 Å². The maximum absolute atomic E-state index is 11.9. The van der Waals surface area contributed by atoms with E-state index in [9.17, 15) is 4.79 Å². The standard InChI is InChI=1S/C15H24N2OS/c1-15(2,3)13-10-19-14(17-13)8-12(18)9-16-11-6-4-5-7-11/h10-11,16H,4-9H2,1-3H3. The van der Waals surface area contributed by atoms with Crippen molar-refractivity contribution >= 4 is 17.1 Å². The van der Waals surface area contributed by atoms with Crippen LogP contribution in [-0.2, 0) is 16.6 Å². The zero-order chi connectivity index (χ0) is 13.9. The largest absolute Gasteiger partial charge is 0.307 e. The van der Waals surface area contributed by atoms with E-state index in [2.05, 4.69) is 36.5 Å². The summed E-state index contributed by atoms with van der Waals surface area (Å²) in [5, 5.41) is 6.39. The zero-order valence-corrected chi connectivity index (χ0v) is 13.0. The summed E-state index contributed by atoms with van der Waals surface area (Å²) in [4.78, 5) is 16.5. The molecule has 0 unspecified atom stereocenters. The summed E-state index contributed by atoms with van der Waals surface area (Å²) in [6.45, 7) is 6.94. The average molecular weight is 280 g/mol. The van der Waals surface area contributed by atoms with E-state index in [0.717, 1.165) is 10.7 Å². The van der Waals surface area contributed by atoms with Crippen molar-refractivity contribution in [2.45, 2.75) is 64.3 Å². The van der Waals surface area contributed by atoms with Gasteiger partial charge in [0.05, 0.1) is 18.7 Å². The summed E-state index contributed by atoms with van der Waals surface area (Å²) < 4.78 is 0. The molecular formula is C15H24N2OS. The second-order valence-corrected chi connectivity index (χ2v) is 7.40. The minimum atomic E-state index is 0.0693. The van der Waals surface area contributed by atoms with Crippen molar-refractivity contribution in [1.82, 2.24) is 10.3 Å². The number of hydrogen-bond donors (Lipinski definition) is 1. The van der Waals surface area contributed by atoms with Crippen molar-refractivity contribution in [3.05, 3.63) is 16.1 Å². The van der Waals surface area contributed by atoms with Gasteiger partial charge in [0.1, 0.15) is 5.01 Å². The first-order valence-electron chi connectivity index (χ1n) is 7.15. The molecule has 1 aromatic rings. The van der Waals surface area contributed by atoms with Gasteiger partial charge in [0, 0.05) is 16.8 Å². The third-order valence-corrected chi connectivity index (χ3v) is 4.46. The first-order chi connectivity index (χ1) is 8.95. The summed E-state index contributed by atoms with van der Waals surface area (Å²) >= 11 is 1.60. The predicted molar refractivity (Wildman–Crippen MR) is 79.8 cm³/mol. The van der Waals surface area contributed by atoms with E-state index >= 15 is 0 Å². The fourth-order valence-electron chi connectivity index (χ4n) is 2.36. The Bertz CT molecular complexity index is 428. The molecule has 2 rings (SSSR count). The molecule has 0 amide bonds. The van der Waals surface area contributed by atoms with Gasteiger partial charge in [-0.15, -0.1) is 11.3 Å². The number of thiazole rings is 1. The van der Waals surface area contributed by atoms with Gasteiger partial charge in [-0.1, -0.05) is 33.6 Å². The molecule has 106 valence electrons. The molecule has 3 nitrogen and oxygen atoms in total. The number of rotatable bonds is 5. The van der Waals surface area contributed by atoms with Crippen molar-refractivity contribution in [3.63, 3.8) is 0 Å². The number of aromatic nitrogens is 1. The lowest BCUT2D eigenvalue weighted by atomic mass is 9.93. The fraction of sp³-hybridized carbons (Fsp3) is 0.733. The Hall–Kier alpha value is -0.740. The van der Waals surface area contributed by atoms with Crippen LogP contribution >= 0.6 is 11.3 Å². The van der Waals surface area contributed by atoms with Gasteiger partial charge in [0.2, 0.25) is 0 Å². The third kappa shape index (κ3) is 4.39. The van der Waals surface area contributed by atoms with Gasteiger partial charge < -0.3 is 5.32 Å². The van der Waals surface area contributed by atoms with Crippen LogP contribution < -0.4 is 5.32 Å². The van der Waals surface area contributed by atoms with Crippen molar-refractivity contribution in [2.75, 3.05) is 6.54 Å². The van der Waals surface area contributed by atoms with E-state index in [1.54, 1.807) is 11.3 Å². The Morgan fingerprint density at radius 3 is 2.68 bits per heavy atom. The second kappa shape index (κ2) is 6.14. The van der Waals surface area contributed by atoms with Gasteiger partial charge >= 0.3 is 0 Å². The maximum atomic E-state index is 11.9. The van der Waals surface area contributed by atoms with Crippen LogP contribution in [0, 0.1) is 0 Å². The van der Waals surface area contributed by atoms with E-state index in [4.69, 9.17) is 0 Å². The SMILES string of the molecule is CC(C)(C)c1csc(CC(=O)CNC2CCCC2)n1. The van der Waals surface area contributed by atoms with Gasteiger partial charge in [-0.3, -0.25) is 4.79 Å². The minimum Gasteiger partial charge on any atom is -0.307 e. The van der Waals surface area contributed by atoms with Crippen molar-refractivity contribution in [2.24, 2.45) is 0 Å². The lowest BCUT2D eigenvalue weighted by Crippen LogP contribution is -2.32. The summed E-state index contributed by atoms with van der Waals surface area (Å²) in [7, 11) is 0. The van der Waals surface area contributed by atoms with Crippen LogP contribution in [0.15, 0.2) is 5.38 Å². The molecule has 4 heteroatoms. The molecule has 0 aliphatic heterocycles. The molecule has 1 aromatic heterocycles. The summed E-state index contributed by atoms with van der Waals surface area (Å²) in [5.41, 5.74) is 1.16. The van der Waals surface area contributed by atoms with E-state index in [-0.39, 0.29) is 11.2 Å². The van der Waals surface area contributed by atoms with E-state index in [1.807, 2.05) is 0 Å². The Morgan fingerprint density at radius 2 is 2.11 bits per heavy atom. The topological polar surface area (TPSA) is 42.0 Å². The van der Waals surface area contributed by atoms with Crippen LogP contribution in [0.3, 0.4) is 0 Å². The Morgan fingerprint density at radius 1 is 1.42 bits per heavy atom. The van der Waals surface area contributed by atoms with Crippen LogP contribution in [0.4, 0.5) is 0 Å². The molecule has 0 atom stereocenters. The Labute approximate surface area is 119 Å². The molecule has 0 saturated heterocycles. The number of Topliss-reactive ketones (excluding diaryl/α,β-unsaturated/α-hetero) is 1. The number of carbonyl (C=O) groups excluding carboxylic acids is 1. The highest BCUT2D eigenvalue weighted by Crippen LogP contribution is 2.24. The van der Waals surface area contributed by atoms with Gasteiger partial charge in [-0.25, -0.2) is 4.98 Å². The molecule has 1 aliphatic rings. The van der Waals surface area contributed by atoms with Gasteiger partial charge in [-0.2, -0.15) is 0 Å². The number of nitrogens with one attached hydrogen (secondary N) is 1. The Kier molecular flexibility index (Phi) is 4.74. The number of hydrogen-bond acceptors (Lipinski definition) is 4. The maximum Gasteiger partial charge on any atom is 0.153 e. The lowest BCUT2D eigenvalue weighted by Gasteiger charge is -2.14. The summed E-state index contributed by atoms with van der Waals surface area (Å²) in [6.07, 6.45) is 5.51. The molecule has 19 heavy (non-hydrogen) atoms. The minimum absolute atomic E-state index is 0.0693. The molecule has 0 aromatic carbocycles. The quantitative estimate of drug-likeness (QED) is 0.901. The molecule has 1 fully saturated rings. The second-order valence-electron chi connectivity index (χ2n) is 6.45. The zero-order valence-electron chi connectivity index (χ0n) is 12.2. The molecule has 1 aliphatic carbocycles. The fourth-order valence-corrected chi connectivity index (χ4v) is 3.41. The molecule has 1 N–H and O–H groups in total. The van der Waals surface area contributed by atoms with E-state index in [1.165, 1.54) is 25.7 Å².